The third-order valence-electron chi connectivity index (χ3n) is 2.94. The lowest BCUT2D eigenvalue weighted by Crippen LogP contribution is -1.96. The van der Waals surface area contributed by atoms with E-state index in [0.29, 0.717) is 0 Å². The first-order chi connectivity index (χ1) is 8.09. The van der Waals surface area contributed by atoms with Crippen LogP contribution < -0.4 is 0 Å². The Labute approximate surface area is 101 Å². The number of hydrogen-bond donors (Lipinski definition) is 0. The van der Waals surface area contributed by atoms with E-state index in [1.165, 1.54) is 5.56 Å². The smallest absolute Gasteiger partial charge is 0.160 e. The summed E-state index contributed by atoms with van der Waals surface area (Å²) >= 11 is 0. The van der Waals surface area contributed by atoms with E-state index in [-0.39, 0.29) is 5.78 Å². The topological polar surface area (TPSA) is 30.0 Å². The largest absolute Gasteiger partial charge is 0.295 e. The number of benzene rings is 1. The Balaban J connectivity index is 2.52. The maximum atomic E-state index is 11.4. The predicted molar refractivity (Wildman–Crippen MR) is 69.2 cm³/mol. The standard InChI is InChI=1S/C15H15NO/c1-10-8-13(4-5-14(10)12(3)17)15-6-7-16-9-11(15)2/h4-9H,1-3H3. The molecule has 0 amide bonds. The first kappa shape index (κ1) is 11.5. The number of aromatic nitrogens is 1. The molecule has 1 aromatic heterocycles. The molecule has 0 N–H and O–H groups in total. The van der Waals surface area contributed by atoms with Gasteiger partial charge in [-0.1, -0.05) is 18.2 Å². The van der Waals surface area contributed by atoms with E-state index in [1.807, 2.05) is 38.2 Å². The van der Waals surface area contributed by atoms with Gasteiger partial charge in [-0.3, -0.25) is 9.78 Å². The molecule has 0 bridgehead atoms. The molecular formula is C15H15NO. The summed E-state index contributed by atoms with van der Waals surface area (Å²) in [5.41, 5.74) is 5.25. The second kappa shape index (κ2) is 4.50. The van der Waals surface area contributed by atoms with Crippen LogP contribution in [0, 0.1) is 13.8 Å². The molecule has 0 aliphatic heterocycles. The quantitative estimate of drug-likeness (QED) is 0.731. The van der Waals surface area contributed by atoms with Crippen molar-refractivity contribution < 1.29 is 4.79 Å². The molecule has 2 aromatic rings. The fraction of sp³-hybridized carbons (Fsp3) is 0.200. The fourth-order valence-electron chi connectivity index (χ4n) is 2.02. The molecule has 0 saturated heterocycles. The van der Waals surface area contributed by atoms with Gasteiger partial charge in [0.05, 0.1) is 0 Å². The number of carbonyl (C=O) groups is 1. The van der Waals surface area contributed by atoms with E-state index in [4.69, 9.17) is 0 Å². The van der Waals surface area contributed by atoms with Crippen LogP contribution in [-0.2, 0) is 0 Å². The highest BCUT2D eigenvalue weighted by Gasteiger charge is 2.07. The van der Waals surface area contributed by atoms with Crippen LogP contribution in [0.1, 0.15) is 28.4 Å². The summed E-state index contributed by atoms with van der Waals surface area (Å²) < 4.78 is 0. The molecule has 2 rings (SSSR count). The van der Waals surface area contributed by atoms with Crippen molar-refractivity contribution in [3.63, 3.8) is 0 Å². The van der Waals surface area contributed by atoms with Crippen molar-refractivity contribution in [1.29, 1.82) is 0 Å². The number of carbonyl (C=O) groups excluding carboxylic acids is 1. The highest BCUT2D eigenvalue weighted by molar-refractivity contribution is 5.96. The lowest BCUT2D eigenvalue weighted by atomic mass is 9.97. The summed E-state index contributed by atoms with van der Waals surface area (Å²) in [5, 5.41) is 0. The lowest BCUT2D eigenvalue weighted by molar-refractivity contribution is 0.101. The van der Waals surface area contributed by atoms with Crippen LogP contribution in [0.25, 0.3) is 11.1 Å². The van der Waals surface area contributed by atoms with Crippen molar-refractivity contribution in [2.45, 2.75) is 20.8 Å². The minimum Gasteiger partial charge on any atom is -0.295 e. The van der Waals surface area contributed by atoms with Crippen molar-refractivity contribution in [3.05, 3.63) is 53.3 Å². The zero-order chi connectivity index (χ0) is 12.4. The van der Waals surface area contributed by atoms with Crippen molar-refractivity contribution >= 4 is 5.78 Å². The fourth-order valence-corrected chi connectivity index (χ4v) is 2.02. The van der Waals surface area contributed by atoms with Gasteiger partial charge < -0.3 is 0 Å². The second-order valence-corrected chi connectivity index (χ2v) is 4.28. The first-order valence-corrected chi connectivity index (χ1v) is 5.62. The van der Waals surface area contributed by atoms with Gasteiger partial charge in [0, 0.05) is 18.0 Å². The van der Waals surface area contributed by atoms with E-state index in [0.717, 1.165) is 22.3 Å². The van der Waals surface area contributed by atoms with Crippen LogP contribution >= 0.6 is 0 Å². The molecule has 0 radical (unpaired) electrons. The molecule has 1 aromatic carbocycles. The summed E-state index contributed by atoms with van der Waals surface area (Å²) in [6.45, 7) is 5.60. The maximum absolute atomic E-state index is 11.4. The Morgan fingerprint density at radius 1 is 1.12 bits per heavy atom. The normalized spacial score (nSPS) is 10.3. The van der Waals surface area contributed by atoms with Gasteiger partial charge >= 0.3 is 0 Å². The molecular weight excluding hydrogens is 210 g/mol. The number of pyridine rings is 1. The number of rotatable bonds is 2. The van der Waals surface area contributed by atoms with Gasteiger partial charge in [0.15, 0.2) is 5.78 Å². The number of ketones is 1. The van der Waals surface area contributed by atoms with Gasteiger partial charge in [0.1, 0.15) is 0 Å². The molecule has 86 valence electrons. The van der Waals surface area contributed by atoms with E-state index < -0.39 is 0 Å². The summed E-state index contributed by atoms with van der Waals surface area (Å²) in [4.78, 5) is 15.5. The Morgan fingerprint density at radius 3 is 2.47 bits per heavy atom. The Morgan fingerprint density at radius 2 is 1.88 bits per heavy atom. The van der Waals surface area contributed by atoms with Gasteiger partial charge in [-0.05, 0) is 49.1 Å². The van der Waals surface area contributed by atoms with Crippen molar-refractivity contribution in [2.75, 3.05) is 0 Å². The number of nitrogens with zero attached hydrogens (tertiary/aromatic N) is 1. The highest BCUT2D eigenvalue weighted by atomic mass is 16.1. The minimum absolute atomic E-state index is 0.112. The van der Waals surface area contributed by atoms with Crippen LogP contribution in [0.15, 0.2) is 36.7 Å². The summed E-state index contributed by atoms with van der Waals surface area (Å²) in [7, 11) is 0. The predicted octanol–water partition coefficient (Wildman–Crippen LogP) is 3.57. The Kier molecular flexibility index (Phi) is 3.05. The Hall–Kier alpha value is -1.96. The zero-order valence-electron chi connectivity index (χ0n) is 10.3. The van der Waals surface area contributed by atoms with Gasteiger partial charge in [-0.15, -0.1) is 0 Å². The van der Waals surface area contributed by atoms with Crippen molar-refractivity contribution in [3.8, 4) is 11.1 Å². The number of hydrogen-bond acceptors (Lipinski definition) is 2. The molecule has 0 fully saturated rings. The van der Waals surface area contributed by atoms with Crippen LogP contribution in [0.3, 0.4) is 0 Å². The lowest BCUT2D eigenvalue weighted by Gasteiger charge is -2.08. The maximum Gasteiger partial charge on any atom is 0.160 e. The highest BCUT2D eigenvalue weighted by Crippen LogP contribution is 2.24. The Bertz CT molecular complexity index is 573. The van der Waals surface area contributed by atoms with E-state index in [1.54, 1.807) is 13.1 Å². The van der Waals surface area contributed by atoms with Crippen LogP contribution in [-0.4, -0.2) is 10.8 Å². The SMILES string of the molecule is CC(=O)c1ccc(-c2ccncc2C)cc1C. The molecule has 17 heavy (non-hydrogen) atoms. The zero-order valence-corrected chi connectivity index (χ0v) is 10.3. The van der Waals surface area contributed by atoms with Crippen LogP contribution in [0.5, 0.6) is 0 Å². The molecule has 2 nitrogen and oxygen atoms in total. The van der Waals surface area contributed by atoms with Crippen LogP contribution in [0.4, 0.5) is 0 Å². The summed E-state index contributed by atoms with van der Waals surface area (Å²) in [6, 6.07) is 7.94. The van der Waals surface area contributed by atoms with E-state index in [9.17, 15) is 4.79 Å². The number of aryl methyl sites for hydroxylation is 2. The summed E-state index contributed by atoms with van der Waals surface area (Å²) in [5.74, 6) is 0.112. The minimum atomic E-state index is 0.112. The van der Waals surface area contributed by atoms with Gasteiger partial charge in [-0.2, -0.15) is 0 Å². The van der Waals surface area contributed by atoms with E-state index >= 15 is 0 Å². The second-order valence-electron chi connectivity index (χ2n) is 4.28. The molecule has 0 aliphatic rings. The molecule has 1 heterocycles. The monoisotopic (exact) mass is 225 g/mol. The van der Waals surface area contributed by atoms with Crippen LogP contribution in [0.2, 0.25) is 0 Å². The third kappa shape index (κ3) is 2.26. The average Bonchev–Trinajstić information content (AvgIpc) is 2.29. The van der Waals surface area contributed by atoms with Gasteiger partial charge in [-0.25, -0.2) is 0 Å². The third-order valence-corrected chi connectivity index (χ3v) is 2.94. The summed E-state index contributed by atoms with van der Waals surface area (Å²) in [6.07, 6.45) is 3.64. The van der Waals surface area contributed by atoms with Crippen molar-refractivity contribution in [2.24, 2.45) is 0 Å². The molecule has 0 aliphatic carbocycles. The molecule has 0 unspecified atom stereocenters. The van der Waals surface area contributed by atoms with E-state index in [2.05, 4.69) is 11.1 Å². The number of Topliss-reactive ketones (excluding diaryl/α,β-unsaturated/α-hetero) is 1. The molecule has 0 saturated carbocycles. The van der Waals surface area contributed by atoms with Gasteiger partial charge in [0.25, 0.3) is 0 Å². The average molecular weight is 225 g/mol. The van der Waals surface area contributed by atoms with Gasteiger partial charge in [0.2, 0.25) is 0 Å². The molecule has 0 atom stereocenters. The molecule has 0 spiro atoms. The first-order valence-electron chi connectivity index (χ1n) is 5.62. The van der Waals surface area contributed by atoms with Crippen molar-refractivity contribution in [1.82, 2.24) is 4.98 Å². The molecule has 2 heteroatoms.